The van der Waals surface area contributed by atoms with Crippen LogP contribution >= 0.6 is 0 Å². The van der Waals surface area contributed by atoms with E-state index in [1.54, 1.807) is 28.8 Å². The molecule has 0 aliphatic heterocycles. The number of rotatable bonds is 6. The molecule has 3 aromatic rings. The van der Waals surface area contributed by atoms with E-state index >= 15 is 0 Å². The van der Waals surface area contributed by atoms with Gasteiger partial charge in [-0.25, -0.2) is 9.78 Å². The van der Waals surface area contributed by atoms with Crippen LogP contribution in [0.15, 0.2) is 67.1 Å². The molecule has 0 aliphatic carbocycles. The number of amides is 2. The van der Waals surface area contributed by atoms with Gasteiger partial charge in [-0.2, -0.15) is 0 Å². The average molecular weight is 392 g/mol. The maximum Gasteiger partial charge on any atom is 0.357 e. The van der Waals surface area contributed by atoms with Crippen molar-refractivity contribution in [2.24, 2.45) is 0 Å². The van der Waals surface area contributed by atoms with Crippen LogP contribution in [-0.2, 0) is 14.3 Å². The van der Waals surface area contributed by atoms with Crippen LogP contribution in [0.25, 0.3) is 5.69 Å². The van der Waals surface area contributed by atoms with Gasteiger partial charge in [0.25, 0.3) is 5.91 Å². The van der Waals surface area contributed by atoms with Crippen molar-refractivity contribution in [3.05, 3.63) is 72.8 Å². The molecule has 0 saturated heterocycles. The van der Waals surface area contributed by atoms with Gasteiger partial charge in [-0.3, -0.25) is 14.2 Å². The standard InChI is InChI=1S/C21H20N4O4/c1-14(20(27)24-17-10-8-16(9-11-17)23-15(2)26)29-21(28)19-12-22-13-25(19)18-6-4-3-5-7-18/h3-14H,1-2H3,(H,23,26)(H,24,27)/t14-/m0/s1. The first-order chi connectivity index (χ1) is 13.9. The van der Waals surface area contributed by atoms with Gasteiger partial charge in [0, 0.05) is 24.0 Å². The molecule has 2 aromatic carbocycles. The third kappa shape index (κ3) is 5.07. The topological polar surface area (TPSA) is 102 Å². The lowest BCUT2D eigenvalue weighted by Gasteiger charge is -2.14. The third-order valence-electron chi connectivity index (χ3n) is 4.01. The molecule has 8 heteroatoms. The Morgan fingerprint density at radius 1 is 0.966 bits per heavy atom. The zero-order valence-corrected chi connectivity index (χ0v) is 16.0. The van der Waals surface area contributed by atoms with Crippen molar-refractivity contribution >= 4 is 29.2 Å². The quantitative estimate of drug-likeness (QED) is 0.628. The van der Waals surface area contributed by atoms with Crippen molar-refractivity contribution in [1.29, 1.82) is 0 Å². The van der Waals surface area contributed by atoms with Crippen LogP contribution in [0.3, 0.4) is 0 Å². The number of nitrogens with one attached hydrogen (secondary N) is 2. The second-order valence-electron chi connectivity index (χ2n) is 6.28. The zero-order valence-electron chi connectivity index (χ0n) is 16.0. The molecule has 3 rings (SSSR count). The molecule has 1 atom stereocenters. The summed E-state index contributed by atoms with van der Waals surface area (Å²) >= 11 is 0. The van der Waals surface area contributed by atoms with Crippen molar-refractivity contribution in [2.75, 3.05) is 10.6 Å². The highest BCUT2D eigenvalue weighted by atomic mass is 16.5. The zero-order chi connectivity index (χ0) is 20.8. The van der Waals surface area contributed by atoms with E-state index in [-0.39, 0.29) is 11.6 Å². The Balaban J connectivity index is 1.62. The summed E-state index contributed by atoms with van der Waals surface area (Å²) in [7, 11) is 0. The van der Waals surface area contributed by atoms with E-state index < -0.39 is 18.0 Å². The SMILES string of the molecule is CC(=O)Nc1ccc(NC(=O)[C@H](C)OC(=O)c2cncn2-c2ccccc2)cc1. The molecular formula is C21H20N4O4. The first-order valence-electron chi connectivity index (χ1n) is 8.91. The predicted molar refractivity (Wildman–Crippen MR) is 108 cm³/mol. The molecule has 0 bridgehead atoms. The highest BCUT2D eigenvalue weighted by Crippen LogP contribution is 2.15. The molecule has 8 nitrogen and oxygen atoms in total. The highest BCUT2D eigenvalue weighted by Gasteiger charge is 2.22. The Hall–Kier alpha value is -3.94. The van der Waals surface area contributed by atoms with Crippen molar-refractivity contribution < 1.29 is 19.1 Å². The number of hydrogen-bond acceptors (Lipinski definition) is 5. The van der Waals surface area contributed by atoms with Crippen LogP contribution in [0.4, 0.5) is 11.4 Å². The Morgan fingerprint density at radius 3 is 2.21 bits per heavy atom. The Kier molecular flexibility index (Phi) is 6.03. The minimum Gasteiger partial charge on any atom is -0.448 e. The van der Waals surface area contributed by atoms with Gasteiger partial charge in [0.05, 0.1) is 12.5 Å². The number of ether oxygens (including phenoxy) is 1. The normalized spacial score (nSPS) is 11.4. The summed E-state index contributed by atoms with van der Waals surface area (Å²) in [4.78, 5) is 39.9. The van der Waals surface area contributed by atoms with Gasteiger partial charge in [0.2, 0.25) is 5.91 Å². The van der Waals surface area contributed by atoms with Gasteiger partial charge in [-0.05, 0) is 43.3 Å². The lowest BCUT2D eigenvalue weighted by Crippen LogP contribution is -2.30. The number of para-hydroxylation sites is 1. The van der Waals surface area contributed by atoms with Gasteiger partial charge in [0.1, 0.15) is 0 Å². The van der Waals surface area contributed by atoms with Gasteiger partial charge in [-0.1, -0.05) is 18.2 Å². The number of aromatic nitrogens is 2. The molecule has 0 radical (unpaired) electrons. The second-order valence-corrected chi connectivity index (χ2v) is 6.28. The maximum absolute atomic E-state index is 12.5. The van der Waals surface area contributed by atoms with Crippen LogP contribution in [0.1, 0.15) is 24.3 Å². The monoisotopic (exact) mass is 392 g/mol. The van der Waals surface area contributed by atoms with Crippen LogP contribution in [0.2, 0.25) is 0 Å². The summed E-state index contributed by atoms with van der Waals surface area (Å²) < 4.78 is 6.89. The fourth-order valence-corrected chi connectivity index (χ4v) is 2.60. The molecule has 0 fully saturated rings. The van der Waals surface area contributed by atoms with Crippen LogP contribution in [0, 0.1) is 0 Å². The average Bonchev–Trinajstić information content (AvgIpc) is 3.20. The fraction of sp³-hybridized carbons (Fsp3) is 0.143. The van der Waals surface area contributed by atoms with Crippen LogP contribution in [-0.4, -0.2) is 33.4 Å². The van der Waals surface area contributed by atoms with E-state index in [0.717, 1.165) is 5.69 Å². The van der Waals surface area contributed by atoms with Crippen LogP contribution in [0.5, 0.6) is 0 Å². The summed E-state index contributed by atoms with van der Waals surface area (Å²) in [6.45, 7) is 2.90. The molecule has 2 amide bonds. The number of anilines is 2. The van der Waals surface area contributed by atoms with Gasteiger partial charge < -0.3 is 15.4 Å². The fourth-order valence-electron chi connectivity index (χ4n) is 2.60. The molecular weight excluding hydrogens is 372 g/mol. The summed E-state index contributed by atoms with van der Waals surface area (Å²) in [6, 6.07) is 15.8. The largest absolute Gasteiger partial charge is 0.448 e. The summed E-state index contributed by atoms with van der Waals surface area (Å²) in [5.74, 6) is -1.32. The summed E-state index contributed by atoms with van der Waals surface area (Å²) in [5.41, 5.74) is 2.11. The van der Waals surface area contributed by atoms with E-state index in [1.807, 2.05) is 30.3 Å². The number of carbonyl (C=O) groups is 3. The molecule has 0 spiro atoms. The first-order valence-corrected chi connectivity index (χ1v) is 8.91. The smallest absolute Gasteiger partial charge is 0.357 e. The molecule has 148 valence electrons. The van der Waals surface area contributed by atoms with Crippen molar-refractivity contribution in [1.82, 2.24) is 9.55 Å². The lowest BCUT2D eigenvalue weighted by atomic mass is 10.2. The molecule has 1 heterocycles. The molecule has 1 aromatic heterocycles. The molecule has 0 saturated carbocycles. The predicted octanol–water partition coefficient (Wildman–Crippen LogP) is 3.01. The third-order valence-corrected chi connectivity index (χ3v) is 4.01. The van der Waals surface area contributed by atoms with E-state index in [4.69, 9.17) is 4.74 Å². The Labute approximate surface area is 167 Å². The minimum absolute atomic E-state index is 0.183. The molecule has 0 aliphatic rings. The van der Waals surface area contributed by atoms with Crippen LogP contribution < -0.4 is 10.6 Å². The van der Waals surface area contributed by atoms with E-state index in [2.05, 4.69) is 15.6 Å². The maximum atomic E-state index is 12.5. The number of benzene rings is 2. The number of imidazole rings is 1. The summed E-state index contributed by atoms with van der Waals surface area (Å²) in [6.07, 6.45) is 1.88. The molecule has 2 N–H and O–H groups in total. The molecule has 0 unspecified atom stereocenters. The first kappa shape index (κ1) is 19.8. The number of carbonyl (C=O) groups excluding carboxylic acids is 3. The number of nitrogens with zero attached hydrogens (tertiary/aromatic N) is 2. The van der Waals surface area contributed by atoms with Crippen molar-refractivity contribution in [3.63, 3.8) is 0 Å². The van der Waals surface area contributed by atoms with Gasteiger partial charge >= 0.3 is 5.97 Å². The van der Waals surface area contributed by atoms with Gasteiger partial charge in [0.15, 0.2) is 11.8 Å². The number of esters is 1. The van der Waals surface area contributed by atoms with Crippen molar-refractivity contribution in [3.8, 4) is 5.69 Å². The lowest BCUT2D eigenvalue weighted by molar-refractivity contribution is -0.123. The summed E-state index contributed by atoms with van der Waals surface area (Å²) in [5, 5.41) is 5.31. The Bertz CT molecular complexity index is 1010. The second kappa shape index (κ2) is 8.83. The van der Waals surface area contributed by atoms with E-state index in [0.29, 0.717) is 11.4 Å². The Morgan fingerprint density at radius 2 is 1.59 bits per heavy atom. The number of hydrogen-bond donors (Lipinski definition) is 2. The van der Waals surface area contributed by atoms with Gasteiger partial charge in [-0.15, -0.1) is 0 Å². The van der Waals surface area contributed by atoms with E-state index in [9.17, 15) is 14.4 Å². The van der Waals surface area contributed by atoms with Crippen molar-refractivity contribution in [2.45, 2.75) is 20.0 Å². The molecule has 29 heavy (non-hydrogen) atoms. The van der Waals surface area contributed by atoms with E-state index in [1.165, 1.54) is 26.4 Å². The highest BCUT2D eigenvalue weighted by molar-refractivity contribution is 5.97. The minimum atomic E-state index is -1.02.